The Bertz CT molecular complexity index is 1100. The number of fused-ring (bicyclic) bond motifs is 1. The fourth-order valence-corrected chi connectivity index (χ4v) is 3.78. The molecule has 2 aromatic heterocycles. The summed E-state index contributed by atoms with van der Waals surface area (Å²) >= 11 is 0. The topological polar surface area (TPSA) is 89.4 Å². The molecule has 1 aromatic carbocycles. The number of pyridine rings is 1. The minimum Gasteiger partial charge on any atom is -0.507 e. The predicted octanol–water partition coefficient (Wildman–Crippen LogP) is 2.45. The largest absolute Gasteiger partial charge is 0.507 e. The summed E-state index contributed by atoms with van der Waals surface area (Å²) in [4.78, 5) is 17.6. The highest BCUT2D eigenvalue weighted by Gasteiger charge is 2.25. The number of rotatable bonds is 6. The van der Waals surface area contributed by atoms with E-state index in [0.29, 0.717) is 30.2 Å². The zero-order valence-electron chi connectivity index (χ0n) is 18.4. The van der Waals surface area contributed by atoms with E-state index in [1.165, 1.54) is 18.2 Å². The molecule has 1 fully saturated rings. The summed E-state index contributed by atoms with van der Waals surface area (Å²) in [5.74, 6) is -0.955. The number of likely N-dealkylation sites (N-methyl/N-ethyl adjacent to an activating group) is 1. The molecule has 8 nitrogen and oxygen atoms in total. The number of benzene rings is 1. The molecule has 0 unspecified atom stereocenters. The predicted molar refractivity (Wildman–Crippen MR) is 121 cm³/mol. The van der Waals surface area contributed by atoms with E-state index in [1.807, 2.05) is 19.0 Å². The maximum absolute atomic E-state index is 15.2. The standard InChI is InChI=1S/C22H27F2N7O/c1-13-12-25-7-10-31(13)21-14-11-16(24)19(18-15(23)5-4-6-17(18)32)27-20(14)28-22(29-21)26-8-9-30(2)3/h4-6,11,13,25,32H,7-10,12H2,1-3H3,(H,26,27,28,29)/t13-/m1/s1. The number of aromatic nitrogens is 3. The molecule has 3 heterocycles. The van der Waals surface area contributed by atoms with Crippen LogP contribution in [0.1, 0.15) is 6.92 Å². The van der Waals surface area contributed by atoms with Crippen LogP contribution in [-0.2, 0) is 0 Å². The molecule has 1 atom stereocenters. The van der Waals surface area contributed by atoms with Crippen LogP contribution in [0, 0.1) is 11.6 Å². The van der Waals surface area contributed by atoms with E-state index in [0.717, 1.165) is 25.7 Å². The molecule has 3 aromatic rings. The van der Waals surface area contributed by atoms with E-state index in [-0.39, 0.29) is 28.7 Å². The summed E-state index contributed by atoms with van der Waals surface area (Å²) in [5.41, 5.74) is -0.345. The van der Waals surface area contributed by atoms with Gasteiger partial charge in [0.25, 0.3) is 0 Å². The average Bonchev–Trinajstić information content (AvgIpc) is 2.74. The van der Waals surface area contributed by atoms with Crippen molar-refractivity contribution in [1.29, 1.82) is 0 Å². The zero-order chi connectivity index (χ0) is 22.8. The molecule has 0 bridgehead atoms. The normalized spacial score (nSPS) is 16.7. The number of halogens is 2. The van der Waals surface area contributed by atoms with Gasteiger partial charge in [-0.2, -0.15) is 9.97 Å². The number of nitrogens with one attached hydrogen (secondary N) is 2. The van der Waals surface area contributed by atoms with Gasteiger partial charge in [-0.25, -0.2) is 13.8 Å². The lowest BCUT2D eigenvalue weighted by molar-refractivity contribution is 0.425. The second-order valence-corrected chi connectivity index (χ2v) is 8.17. The van der Waals surface area contributed by atoms with Gasteiger partial charge in [0.2, 0.25) is 5.95 Å². The minimum absolute atomic E-state index is 0.134. The first-order valence-corrected chi connectivity index (χ1v) is 10.6. The van der Waals surface area contributed by atoms with Gasteiger partial charge in [0.1, 0.15) is 23.1 Å². The Labute approximate surface area is 185 Å². The molecule has 1 aliphatic heterocycles. The molecule has 4 rings (SSSR count). The fraction of sp³-hybridized carbons (Fsp3) is 0.409. The van der Waals surface area contributed by atoms with Gasteiger partial charge in [0.15, 0.2) is 11.5 Å². The third-order valence-corrected chi connectivity index (χ3v) is 5.46. The van der Waals surface area contributed by atoms with Gasteiger partial charge in [-0.3, -0.25) is 0 Å². The molecule has 3 N–H and O–H groups in total. The quantitative estimate of drug-likeness (QED) is 0.535. The third kappa shape index (κ3) is 4.42. The van der Waals surface area contributed by atoms with Gasteiger partial charge in [0.05, 0.1) is 10.9 Å². The Morgan fingerprint density at radius 1 is 1.22 bits per heavy atom. The molecule has 0 spiro atoms. The maximum Gasteiger partial charge on any atom is 0.226 e. The summed E-state index contributed by atoms with van der Waals surface area (Å²) in [7, 11) is 3.93. The first kappa shape index (κ1) is 22.1. The van der Waals surface area contributed by atoms with E-state index in [9.17, 15) is 9.50 Å². The van der Waals surface area contributed by atoms with Crippen LogP contribution in [0.4, 0.5) is 20.5 Å². The van der Waals surface area contributed by atoms with Crippen LogP contribution in [0.5, 0.6) is 5.75 Å². The highest BCUT2D eigenvalue weighted by molar-refractivity contribution is 5.90. The van der Waals surface area contributed by atoms with E-state index in [4.69, 9.17) is 0 Å². The van der Waals surface area contributed by atoms with Crippen molar-refractivity contribution in [3.63, 3.8) is 0 Å². The fourth-order valence-electron chi connectivity index (χ4n) is 3.78. The molecule has 170 valence electrons. The molecule has 1 aliphatic rings. The van der Waals surface area contributed by atoms with Gasteiger partial charge in [-0.1, -0.05) is 6.07 Å². The molecular weight excluding hydrogens is 416 g/mol. The van der Waals surface area contributed by atoms with E-state index in [1.54, 1.807) is 0 Å². The third-order valence-electron chi connectivity index (χ3n) is 5.46. The van der Waals surface area contributed by atoms with Crippen LogP contribution >= 0.6 is 0 Å². The van der Waals surface area contributed by atoms with Crippen molar-refractivity contribution in [2.75, 3.05) is 57.0 Å². The van der Waals surface area contributed by atoms with Crippen molar-refractivity contribution in [2.45, 2.75) is 13.0 Å². The molecule has 0 aliphatic carbocycles. The second kappa shape index (κ2) is 9.17. The number of phenolic OH excluding ortho intramolecular Hbond substituents is 1. The van der Waals surface area contributed by atoms with E-state index >= 15 is 4.39 Å². The Balaban J connectivity index is 1.86. The summed E-state index contributed by atoms with van der Waals surface area (Å²) in [6, 6.07) is 5.21. The summed E-state index contributed by atoms with van der Waals surface area (Å²) in [6.07, 6.45) is 0. The van der Waals surface area contributed by atoms with Gasteiger partial charge in [0, 0.05) is 38.8 Å². The number of phenols is 1. The molecule has 0 radical (unpaired) electrons. The van der Waals surface area contributed by atoms with Crippen LogP contribution in [0.15, 0.2) is 24.3 Å². The van der Waals surface area contributed by atoms with Gasteiger partial charge >= 0.3 is 0 Å². The lowest BCUT2D eigenvalue weighted by Gasteiger charge is -2.35. The van der Waals surface area contributed by atoms with Crippen LogP contribution in [0.2, 0.25) is 0 Å². The zero-order valence-corrected chi connectivity index (χ0v) is 18.4. The second-order valence-electron chi connectivity index (χ2n) is 8.17. The Kier molecular flexibility index (Phi) is 6.33. The number of anilines is 2. The number of hydrogen-bond acceptors (Lipinski definition) is 8. The Morgan fingerprint density at radius 3 is 2.75 bits per heavy atom. The first-order chi connectivity index (χ1) is 15.3. The van der Waals surface area contributed by atoms with Crippen LogP contribution < -0.4 is 15.5 Å². The molecule has 1 saturated heterocycles. The van der Waals surface area contributed by atoms with Crippen LogP contribution in [-0.4, -0.2) is 77.8 Å². The van der Waals surface area contributed by atoms with Crippen molar-refractivity contribution in [3.8, 4) is 17.0 Å². The smallest absolute Gasteiger partial charge is 0.226 e. The molecule has 32 heavy (non-hydrogen) atoms. The van der Waals surface area contributed by atoms with Crippen LogP contribution in [0.25, 0.3) is 22.3 Å². The summed E-state index contributed by atoms with van der Waals surface area (Å²) in [5, 5.41) is 17.1. The number of hydrogen-bond donors (Lipinski definition) is 3. The van der Waals surface area contributed by atoms with Crippen molar-refractivity contribution >= 4 is 22.8 Å². The van der Waals surface area contributed by atoms with Gasteiger partial charge in [-0.15, -0.1) is 0 Å². The SMILES string of the molecule is C[C@@H]1CNCCN1c1nc(NCCN(C)C)nc2nc(-c3c(O)cccc3F)c(F)cc12. The van der Waals surface area contributed by atoms with Gasteiger partial charge < -0.3 is 25.5 Å². The highest BCUT2D eigenvalue weighted by atomic mass is 19.1. The Hall–Kier alpha value is -3.11. The first-order valence-electron chi connectivity index (χ1n) is 10.6. The van der Waals surface area contributed by atoms with Crippen molar-refractivity contribution in [1.82, 2.24) is 25.2 Å². The lowest BCUT2D eigenvalue weighted by atomic mass is 10.1. The maximum atomic E-state index is 15.2. The molecule has 0 saturated carbocycles. The lowest BCUT2D eigenvalue weighted by Crippen LogP contribution is -2.50. The van der Waals surface area contributed by atoms with E-state index in [2.05, 4.69) is 37.4 Å². The monoisotopic (exact) mass is 443 g/mol. The van der Waals surface area contributed by atoms with Crippen molar-refractivity contribution < 1.29 is 13.9 Å². The van der Waals surface area contributed by atoms with E-state index < -0.39 is 11.6 Å². The number of aromatic hydroxyl groups is 1. The Morgan fingerprint density at radius 2 is 2.03 bits per heavy atom. The van der Waals surface area contributed by atoms with Crippen molar-refractivity contribution in [2.24, 2.45) is 0 Å². The highest BCUT2D eigenvalue weighted by Crippen LogP contribution is 2.35. The van der Waals surface area contributed by atoms with Crippen molar-refractivity contribution in [3.05, 3.63) is 35.9 Å². The summed E-state index contributed by atoms with van der Waals surface area (Å²) < 4.78 is 29.6. The molecular formula is C22H27F2N7O. The summed E-state index contributed by atoms with van der Waals surface area (Å²) in [6.45, 7) is 5.68. The number of piperazine rings is 1. The van der Waals surface area contributed by atoms with Gasteiger partial charge in [-0.05, 0) is 39.2 Å². The molecule has 10 heteroatoms. The van der Waals surface area contributed by atoms with Crippen LogP contribution in [0.3, 0.4) is 0 Å². The minimum atomic E-state index is -0.759. The average molecular weight is 444 g/mol. The molecule has 0 amide bonds. The number of nitrogens with zero attached hydrogens (tertiary/aromatic N) is 5.